The summed E-state index contributed by atoms with van der Waals surface area (Å²) in [5.74, 6) is -2.68. The van der Waals surface area contributed by atoms with Crippen molar-refractivity contribution in [1.29, 1.82) is 0 Å². The second-order valence-electron chi connectivity index (χ2n) is 6.92. The fourth-order valence-corrected chi connectivity index (χ4v) is 4.64. The topological polar surface area (TPSA) is 101 Å². The molecule has 0 aliphatic heterocycles. The summed E-state index contributed by atoms with van der Waals surface area (Å²) in [7, 11) is -2.70. The molecule has 158 valence electrons. The van der Waals surface area contributed by atoms with Gasteiger partial charge in [0.15, 0.2) is 11.6 Å². The van der Waals surface area contributed by atoms with E-state index in [-0.39, 0.29) is 53.1 Å². The first-order valence-electron chi connectivity index (χ1n) is 9.23. The number of nitrogens with zero attached hydrogens (tertiary/aromatic N) is 5. The van der Waals surface area contributed by atoms with Gasteiger partial charge in [-0.3, -0.25) is 9.67 Å². The molecule has 4 rings (SSSR count). The number of hydrogen-bond donors (Lipinski definition) is 0. The first kappa shape index (κ1) is 23.6. The molecule has 0 radical (unpaired) electrons. The van der Waals surface area contributed by atoms with E-state index < -0.39 is 26.6 Å². The molecule has 31 heavy (non-hydrogen) atoms. The minimum absolute atomic E-state index is 0. The summed E-state index contributed by atoms with van der Waals surface area (Å²) >= 11 is 0. The Bertz CT molecular complexity index is 1160. The van der Waals surface area contributed by atoms with Crippen LogP contribution < -0.4 is 34.3 Å². The summed E-state index contributed by atoms with van der Waals surface area (Å²) in [6.45, 7) is 0. The largest absolute Gasteiger partial charge is 1.00 e. The van der Waals surface area contributed by atoms with Crippen molar-refractivity contribution in [2.45, 2.75) is 36.2 Å². The third kappa shape index (κ3) is 5.05. The molecule has 8 nitrogen and oxygen atoms in total. The molecular formula is C19H18F2N5NaO3S. The van der Waals surface area contributed by atoms with E-state index in [0.29, 0.717) is 12.5 Å². The normalized spacial score (nSPS) is 18.4. The number of rotatable bonds is 6. The number of hydrogen-bond acceptors (Lipinski definition) is 6. The number of aromatic nitrogens is 4. The van der Waals surface area contributed by atoms with Crippen LogP contribution in [0.1, 0.15) is 30.9 Å². The molecule has 0 N–H and O–H groups in total. The molecule has 1 aliphatic rings. The molecule has 12 heteroatoms. The van der Waals surface area contributed by atoms with Crippen LogP contribution in [0.5, 0.6) is 5.75 Å². The van der Waals surface area contributed by atoms with Gasteiger partial charge in [0.05, 0.1) is 0 Å². The Balaban J connectivity index is 0.00000272. The van der Waals surface area contributed by atoms with Gasteiger partial charge in [0.2, 0.25) is 10.0 Å². The Morgan fingerprint density at radius 3 is 2.65 bits per heavy atom. The number of sulfonamides is 1. The molecule has 0 unspecified atom stereocenters. The predicted octanol–water partition coefficient (Wildman–Crippen LogP) is 0.601. The summed E-state index contributed by atoms with van der Waals surface area (Å²) in [5.41, 5.74) is 0.946. The zero-order valence-electron chi connectivity index (χ0n) is 16.9. The molecule has 1 aromatic carbocycles. The molecule has 0 saturated heterocycles. The fraction of sp³-hybridized carbons (Fsp3) is 0.316. The minimum atomic E-state index is -4.51. The van der Waals surface area contributed by atoms with Crippen LogP contribution in [0.4, 0.5) is 14.6 Å². The van der Waals surface area contributed by atoms with E-state index in [1.807, 2.05) is 13.1 Å². The van der Waals surface area contributed by atoms with Crippen molar-refractivity contribution in [1.82, 2.24) is 19.7 Å². The molecule has 1 fully saturated rings. The summed E-state index contributed by atoms with van der Waals surface area (Å²) in [6.07, 6.45) is 6.06. The number of benzene rings is 1. The molecule has 2 atom stereocenters. The Labute approximate surface area is 200 Å². The SMILES string of the molecule is Cn1nccc1[C@H]1CCC[C@@H]1Oc1cc(F)c(S(=O)(=O)[N-]c2ccncn2)cc1F.[Na+]. The van der Waals surface area contributed by atoms with Crippen molar-refractivity contribution in [2.75, 3.05) is 0 Å². The van der Waals surface area contributed by atoms with Gasteiger partial charge in [0.1, 0.15) is 16.8 Å². The molecule has 0 amide bonds. The van der Waals surface area contributed by atoms with Gasteiger partial charge in [-0.15, -0.1) is 0 Å². The van der Waals surface area contributed by atoms with E-state index in [1.165, 1.54) is 12.3 Å². The van der Waals surface area contributed by atoms with Crippen molar-refractivity contribution in [3.05, 3.63) is 65.0 Å². The van der Waals surface area contributed by atoms with E-state index in [0.717, 1.165) is 30.9 Å². The first-order valence-corrected chi connectivity index (χ1v) is 10.7. The number of ether oxygens (including phenoxy) is 1. The monoisotopic (exact) mass is 457 g/mol. The van der Waals surface area contributed by atoms with Crippen molar-refractivity contribution in [2.24, 2.45) is 7.05 Å². The molecule has 1 saturated carbocycles. The van der Waals surface area contributed by atoms with Crippen LogP contribution >= 0.6 is 0 Å². The first-order chi connectivity index (χ1) is 14.3. The Morgan fingerprint density at radius 1 is 1.16 bits per heavy atom. The fourth-order valence-electron chi connectivity index (χ4n) is 3.62. The van der Waals surface area contributed by atoms with Crippen LogP contribution in [0, 0.1) is 11.6 Å². The van der Waals surface area contributed by atoms with Crippen molar-refractivity contribution >= 4 is 15.8 Å². The van der Waals surface area contributed by atoms with Gasteiger partial charge in [-0.1, -0.05) is 0 Å². The van der Waals surface area contributed by atoms with Crippen molar-refractivity contribution < 1.29 is 51.5 Å². The van der Waals surface area contributed by atoms with Gasteiger partial charge in [0.25, 0.3) is 0 Å². The quantitative estimate of drug-likeness (QED) is 0.503. The molecular weight excluding hydrogens is 439 g/mol. The second-order valence-corrected chi connectivity index (χ2v) is 8.49. The second kappa shape index (κ2) is 9.60. The third-order valence-corrected chi connectivity index (χ3v) is 6.31. The molecule has 2 aromatic heterocycles. The maximum atomic E-state index is 14.7. The standard InChI is InChI=1S/C19H18F2N5O3S.Na/c1-26-15(5-8-24-26)12-3-2-4-16(12)29-17-9-14(21)18(10-13(17)20)30(27,28)25-19-6-7-22-11-23-19;/h5-12,16H,2-4H2,1H3;/q-1;+1/t12-,16+;/m1./s1. The summed E-state index contributed by atoms with van der Waals surface area (Å²) in [4.78, 5) is 6.42. The van der Waals surface area contributed by atoms with Gasteiger partial charge in [-0.25, -0.2) is 17.2 Å². The predicted molar refractivity (Wildman–Crippen MR) is 103 cm³/mol. The minimum Gasteiger partial charge on any atom is -0.487 e. The average Bonchev–Trinajstić information content (AvgIpc) is 3.33. The zero-order chi connectivity index (χ0) is 21.3. The van der Waals surface area contributed by atoms with Crippen LogP contribution in [-0.4, -0.2) is 34.3 Å². The molecule has 1 aliphatic carbocycles. The molecule has 2 heterocycles. The maximum Gasteiger partial charge on any atom is 1.00 e. The Hall–Kier alpha value is -2.08. The van der Waals surface area contributed by atoms with Crippen molar-refractivity contribution in [3.8, 4) is 5.75 Å². The van der Waals surface area contributed by atoms with Gasteiger partial charge in [-0.2, -0.15) is 5.10 Å². The third-order valence-electron chi connectivity index (χ3n) is 5.01. The van der Waals surface area contributed by atoms with E-state index in [9.17, 15) is 17.2 Å². The van der Waals surface area contributed by atoms with Crippen LogP contribution in [0.3, 0.4) is 0 Å². The van der Waals surface area contributed by atoms with E-state index in [1.54, 1.807) is 10.9 Å². The Morgan fingerprint density at radius 2 is 1.97 bits per heavy atom. The van der Waals surface area contributed by atoms with Gasteiger partial charge in [-0.05, 0) is 43.3 Å². The summed E-state index contributed by atoms with van der Waals surface area (Å²) in [5, 5.41) is 4.15. The molecule has 0 bridgehead atoms. The maximum absolute atomic E-state index is 14.7. The number of halogens is 2. The van der Waals surface area contributed by atoms with Gasteiger partial charge in [0, 0.05) is 43.4 Å². The molecule has 3 aromatic rings. The van der Waals surface area contributed by atoms with Gasteiger partial charge < -0.3 is 14.4 Å². The van der Waals surface area contributed by atoms with E-state index in [2.05, 4.69) is 19.8 Å². The number of aryl methyl sites for hydroxylation is 1. The van der Waals surface area contributed by atoms with Crippen LogP contribution in [0.15, 0.2) is 47.9 Å². The summed E-state index contributed by atoms with van der Waals surface area (Å²) < 4.78 is 65.0. The zero-order valence-corrected chi connectivity index (χ0v) is 19.8. The van der Waals surface area contributed by atoms with Crippen LogP contribution in [0.25, 0.3) is 4.72 Å². The van der Waals surface area contributed by atoms with Crippen LogP contribution in [-0.2, 0) is 17.1 Å². The Kier molecular flexibility index (Phi) is 7.30. The van der Waals surface area contributed by atoms with E-state index in [4.69, 9.17) is 4.74 Å². The average molecular weight is 457 g/mol. The van der Waals surface area contributed by atoms with E-state index >= 15 is 0 Å². The van der Waals surface area contributed by atoms with Crippen molar-refractivity contribution in [3.63, 3.8) is 0 Å². The smallest absolute Gasteiger partial charge is 0.487 e. The van der Waals surface area contributed by atoms with Gasteiger partial charge >= 0.3 is 29.6 Å². The summed E-state index contributed by atoms with van der Waals surface area (Å²) in [6, 6.07) is 4.44. The van der Waals surface area contributed by atoms with Crippen LogP contribution in [0.2, 0.25) is 0 Å². The molecule has 0 spiro atoms.